The highest BCUT2D eigenvalue weighted by Crippen LogP contribution is 2.32. The Morgan fingerprint density at radius 2 is 1.86 bits per heavy atom. The minimum Gasteiger partial charge on any atom is -0.309 e. The van der Waals surface area contributed by atoms with E-state index in [1.807, 2.05) is 19.1 Å². The maximum absolute atomic E-state index is 14.1. The molecule has 0 fully saturated rings. The van der Waals surface area contributed by atoms with Gasteiger partial charge in [-0.25, -0.2) is 8.78 Å². The Bertz CT molecular complexity index is 572. The molecular weight excluding hydrogens is 270 g/mol. The number of rotatable bonds is 6. The second-order valence-corrected chi connectivity index (χ2v) is 5.17. The van der Waals surface area contributed by atoms with E-state index in [1.54, 1.807) is 12.4 Å². The van der Waals surface area contributed by atoms with E-state index >= 15 is 0 Å². The van der Waals surface area contributed by atoms with Crippen LogP contribution in [0.4, 0.5) is 8.78 Å². The van der Waals surface area contributed by atoms with Crippen LogP contribution in [0, 0.1) is 11.6 Å². The molecule has 21 heavy (non-hydrogen) atoms. The third-order valence-electron chi connectivity index (χ3n) is 3.64. The van der Waals surface area contributed by atoms with Gasteiger partial charge >= 0.3 is 0 Å². The average Bonchev–Trinajstić information content (AvgIpc) is 2.50. The van der Waals surface area contributed by atoms with Crippen molar-refractivity contribution >= 4 is 0 Å². The maximum Gasteiger partial charge on any atom is 0.130 e. The zero-order chi connectivity index (χ0) is 15.2. The number of pyridine rings is 1. The highest BCUT2D eigenvalue weighted by Gasteiger charge is 2.23. The highest BCUT2D eigenvalue weighted by molar-refractivity contribution is 5.28. The molecule has 1 aromatic carbocycles. The van der Waals surface area contributed by atoms with Crippen LogP contribution in [-0.4, -0.2) is 11.5 Å². The molecule has 4 heteroatoms. The van der Waals surface area contributed by atoms with Crippen LogP contribution in [-0.2, 0) is 0 Å². The molecule has 0 bridgehead atoms. The minimum absolute atomic E-state index is 0.0551. The van der Waals surface area contributed by atoms with Crippen LogP contribution in [0.25, 0.3) is 0 Å². The summed E-state index contributed by atoms with van der Waals surface area (Å²) in [7, 11) is 0. The van der Waals surface area contributed by atoms with Crippen molar-refractivity contribution in [3.05, 3.63) is 65.5 Å². The van der Waals surface area contributed by atoms with Gasteiger partial charge in [0.15, 0.2) is 0 Å². The lowest BCUT2D eigenvalue weighted by Crippen LogP contribution is -2.27. The molecular formula is C17H20F2N2. The number of aromatic nitrogens is 1. The summed E-state index contributed by atoms with van der Waals surface area (Å²) in [6.45, 7) is 4.87. The Kier molecular flexibility index (Phi) is 5.39. The van der Waals surface area contributed by atoms with Gasteiger partial charge < -0.3 is 5.32 Å². The third-order valence-corrected chi connectivity index (χ3v) is 3.64. The van der Waals surface area contributed by atoms with Crippen LogP contribution in [0.3, 0.4) is 0 Å². The van der Waals surface area contributed by atoms with Gasteiger partial charge in [0.1, 0.15) is 11.6 Å². The quantitative estimate of drug-likeness (QED) is 0.862. The largest absolute Gasteiger partial charge is 0.309 e. The fourth-order valence-electron chi connectivity index (χ4n) is 2.47. The normalized spacial score (nSPS) is 13.9. The van der Waals surface area contributed by atoms with E-state index in [2.05, 4.69) is 17.2 Å². The second-order valence-electron chi connectivity index (χ2n) is 5.17. The van der Waals surface area contributed by atoms with Crippen LogP contribution in [0.2, 0.25) is 0 Å². The van der Waals surface area contributed by atoms with Gasteiger partial charge in [-0.15, -0.1) is 0 Å². The predicted molar refractivity (Wildman–Crippen MR) is 80.0 cm³/mol. The molecule has 1 N–H and O–H groups in total. The summed E-state index contributed by atoms with van der Waals surface area (Å²) in [5.41, 5.74) is 1.57. The molecule has 2 unspecified atom stereocenters. The van der Waals surface area contributed by atoms with Gasteiger partial charge in [-0.1, -0.05) is 19.9 Å². The van der Waals surface area contributed by atoms with E-state index in [0.29, 0.717) is 5.56 Å². The number of hydrogen-bond acceptors (Lipinski definition) is 2. The molecule has 0 radical (unpaired) electrons. The van der Waals surface area contributed by atoms with Crippen LogP contribution >= 0.6 is 0 Å². The summed E-state index contributed by atoms with van der Waals surface area (Å²) in [4.78, 5) is 4.01. The molecule has 1 aromatic heterocycles. The van der Waals surface area contributed by atoms with E-state index in [1.165, 1.54) is 12.1 Å². The second kappa shape index (κ2) is 7.27. The topological polar surface area (TPSA) is 24.9 Å². The Labute approximate surface area is 124 Å². The molecule has 0 saturated carbocycles. The summed E-state index contributed by atoms with van der Waals surface area (Å²) in [5, 5.41) is 3.36. The number of nitrogens with one attached hydrogen (secondary N) is 1. The lowest BCUT2D eigenvalue weighted by atomic mass is 9.88. The molecule has 0 saturated heterocycles. The SMILES string of the molecule is CCCNC(c1ccc(F)cc1F)C(C)c1ccncc1. The van der Waals surface area contributed by atoms with Gasteiger partial charge in [0.05, 0.1) is 0 Å². The van der Waals surface area contributed by atoms with Crippen molar-refractivity contribution in [3.8, 4) is 0 Å². The maximum atomic E-state index is 14.1. The van der Waals surface area contributed by atoms with Gasteiger partial charge in [0.25, 0.3) is 0 Å². The molecule has 0 amide bonds. The monoisotopic (exact) mass is 290 g/mol. The molecule has 0 aliphatic carbocycles. The first kappa shape index (κ1) is 15.6. The van der Waals surface area contributed by atoms with Crippen LogP contribution in [0.15, 0.2) is 42.7 Å². The van der Waals surface area contributed by atoms with E-state index < -0.39 is 11.6 Å². The van der Waals surface area contributed by atoms with Crippen LogP contribution in [0.5, 0.6) is 0 Å². The Hall–Kier alpha value is -1.81. The summed E-state index contributed by atoms with van der Waals surface area (Å²) in [5.74, 6) is -1.01. The van der Waals surface area contributed by atoms with E-state index in [0.717, 1.165) is 24.6 Å². The molecule has 2 nitrogen and oxygen atoms in total. The minimum atomic E-state index is -0.554. The average molecular weight is 290 g/mol. The fraction of sp³-hybridized carbons (Fsp3) is 0.353. The van der Waals surface area contributed by atoms with Crippen molar-refractivity contribution in [2.75, 3.05) is 6.54 Å². The predicted octanol–water partition coefficient (Wildman–Crippen LogP) is 4.20. The van der Waals surface area contributed by atoms with E-state index in [-0.39, 0.29) is 12.0 Å². The van der Waals surface area contributed by atoms with Gasteiger partial charge in [-0.05, 0) is 36.7 Å². The van der Waals surface area contributed by atoms with Crippen molar-refractivity contribution in [1.82, 2.24) is 10.3 Å². The Morgan fingerprint density at radius 1 is 1.14 bits per heavy atom. The van der Waals surface area contributed by atoms with Crippen LogP contribution in [0.1, 0.15) is 43.4 Å². The molecule has 0 aliphatic rings. The van der Waals surface area contributed by atoms with Crippen molar-refractivity contribution in [2.45, 2.75) is 32.2 Å². The first-order valence-electron chi connectivity index (χ1n) is 7.21. The lowest BCUT2D eigenvalue weighted by Gasteiger charge is -2.26. The van der Waals surface area contributed by atoms with Gasteiger partial charge in [-0.3, -0.25) is 4.98 Å². The number of nitrogens with zero attached hydrogens (tertiary/aromatic N) is 1. The molecule has 2 rings (SSSR count). The van der Waals surface area contributed by atoms with Crippen molar-refractivity contribution in [2.24, 2.45) is 0 Å². The Balaban J connectivity index is 2.33. The number of hydrogen-bond donors (Lipinski definition) is 1. The highest BCUT2D eigenvalue weighted by atomic mass is 19.1. The lowest BCUT2D eigenvalue weighted by molar-refractivity contribution is 0.442. The fourth-order valence-corrected chi connectivity index (χ4v) is 2.47. The van der Waals surface area contributed by atoms with Gasteiger partial charge in [-0.2, -0.15) is 0 Å². The van der Waals surface area contributed by atoms with Crippen molar-refractivity contribution in [3.63, 3.8) is 0 Å². The van der Waals surface area contributed by atoms with E-state index in [9.17, 15) is 8.78 Å². The molecule has 1 heterocycles. The first-order valence-corrected chi connectivity index (χ1v) is 7.21. The summed E-state index contributed by atoms with van der Waals surface area (Å²) >= 11 is 0. The molecule has 0 aliphatic heterocycles. The van der Waals surface area contributed by atoms with Crippen molar-refractivity contribution in [1.29, 1.82) is 0 Å². The summed E-state index contributed by atoms with van der Waals surface area (Å²) in [6, 6.07) is 7.41. The zero-order valence-corrected chi connectivity index (χ0v) is 12.3. The van der Waals surface area contributed by atoms with Crippen LogP contribution < -0.4 is 5.32 Å². The number of halogens is 2. The number of benzene rings is 1. The first-order chi connectivity index (χ1) is 10.1. The van der Waals surface area contributed by atoms with Crippen molar-refractivity contribution < 1.29 is 8.78 Å². The summed E-state index contributed by atoms with van der Waals surface area (Å²) < 4.78 is 27.2. The third kappa shape index (κ3) is 3.85. The molecule has 2 aromatic rings. The molecule has 2 atom stereocenters. The van der Waals surface area contributed by atoms with E-state index in [4.69, 9.17) is 0 Å². The van der Waals surface area contributed by atoms with Gasteiger partial charge in [0.2, 0.25) is 0 Å². The Morgan fingerprint density at radius 3 is 2.48 bits per heavy atom. The standard InChI is InChI=1S/C17H20F2N2/c1-3-8-21-17(12(2)13-6-9-20-10-7-13)15-5-4-14(18)11-16(15)19/h4-7,9-12,17,21H,3,8H2,1-2H3. The molecule has 0 spiro atoms. The zero-order valence-electron chi connectivity index (χ0n) is 12.3. The molecule has 112 valence electrons. The smallest absolute Gasteiger partial charge is 0.130 e. The van der Waals surface area contributed by atoms with Gasteiger partial charge in [0, 0.05) is 36.0 Å². The summed E-state index contributed by atoms with van der Waals surface area (Å²) in [6.07, 6.45) is 4.40.